The highest BCUT2D eigenvalue weighted by Gasteiger charge is 2.46. The van der Waals surface area contributed by atoms with Crippen molar-refractivity contribution in [2.45, 2.75) is 94.8 Å². The molecule has 53 heavy (non-hydrogen) atoms. The van der Waals surface area contributed by atoms with Crippen LogP contribution in [-0.2, 0) is 10.8 Å². The van der Waals surface area contributed by atoms with Gasteiger partial charge in [-0.1, -0.05) is 130 Å². The summed E-state index contributed by atoms with van der Waals surface area (Å²) in [5.74, 6) is 1.63. The van der Waals surface area contributed by atoms with Crippen LogP contribution in [0.15, 0.2) is 140 Å². The molecular weight excluding hydrogens is 639 g/mol. The van der Waals surface area contributed by atoms with Crippen molar-refractivity contribution in [3.8, 4) is 33.4 Å². The second-order valence-electron chi connectivity index (χ2n) is 17.3. The molecule has 0 aromatic heterocycles. The maximum absolute atomic E-state index is 2.54. The molecule has 0 unspecified atom stereocenters. The Kier molecular flexibility index (Phi) is 7.97. The van der Waals surface area contributed by atoms with Crippen molar-refractivity contribution in [2.24, 2.45) is 5.92 Å². The molecule has 0 amide bonds. The molecule has 1 nitrogen and oxygen atoms in total. The van der Waals surface area contributed by atoms with Crippen LogP contribution in [0.5, 0.6) is 0 Å². The molecule has 2 bridgehead atoms. The third-order valence-electron chi connectivity index (χ3n) is 13.9. The molecule has 4 aliphatic carbocycles. The molecule has 0 heterocycles. The lowest BCUT2D eigenvalue weighted by Crippen LogP contribution is -2.20. The average Bonchev–Trinajstić information content (AvgIpc) is 3.91. The number of hydrogen-bond donors (Lipinski definition) is 0. The van der Waals surface area contributed by atoms with Crippen molar-refractivity contribution < 1.29 is 0 Å². The van der Waals surface area contributed by atoms with Crippen molar-refractivity contribution in [2.75, 3.05) is 4.90 Å². The minimum atomic E-state index is -0.171. The second-order valence-corrected chi connectivity index (χ2v) is 17.3. The van der Waals surface area contributed by atoms with Crippen LogP contribution < -0.4 is 4.90 Å². The zero-order valence-corrected chi connectivity index (χ0v) is 31.5. The molecule has 264 valence electrons. The molecule has 0 radical (unpaired) electrons. The summed E-state index contributed by atoms with van der Waals surface area (Å²) in [6.07, 6.45) is 13.6. The van der Waals surface area contributed by atoms with Gasteiger partial charge in [0.1, 0.15) is 0 Å². The Morgan fingerprint density at radius 2 is 1.15 bits per heavy atom. The first kappa shape index (κ1) is 32.7. The molecular formula is C52H51N. The third-order valence-corrected chi connectivity index (χ3v) is 13.9. The van der Waals surface area contributed by atoms with Gasteiger partial charge in [-0.3, -0.25) is 0 Å². The standard InChI is InChI=1S/C52H51N/c1-51(2)48-32-41(38-14-8-4-9-15-38)20-27-46(48)50-47(40-16-10-5-11-17-40)33-45(34-49(50)51)53(43-23-18-39(19-24-43)37-12-6-3-7-13-37)44-25-21-42(22-26-44)52-30-28-36(35-52)29-31-52/h4-5,8-11,14-27,32-34,36-37H,3,6-7,12-13,28-31,35H2,1-2H3. The highest BCUT2D eigenvalue weighted by molar-refractivity contribution is 5.96. The fraction of sp³-hybridized carbons (Fsp3) is 0.308. The van der Waals surface area contributed by atoms with Gasteiger partial charge < -0.3 is 4.90 Å². The lowest BCUT2D eigenvalue weighted by Gasteiger charge is -2.31. The Balaban J connectivity index is 1.13. The van der Waals surface area contributed by atoms with Gasteiger partial charge in [-0.15, -0.1) is 0 Å². The summed E-state index contributed by atoms with van der Waals surface area (Å²) in [5.41, 5.74) is 17.6. The van der Waals surface area contributed by atoms with E-state index >= 15 is 0 Å². The Morgan fingerprint density at radius 3 is 1.79 bits per heavy atom. The van der Waals surface area contributed by atoms with E-state index in [1.165, 1.54) is 131 Å². The van der Waals surface area contributed by atoms with Crippen molar-refractivity contribution in [3.05, 3.63) is 162 Å². The number of rotatable bonds is 7. The molecule has 0 N–H and O–H groups in total. The minimum absolute atomic E-state index is 0.171. The first-order valence-corrected chi connectivity index (χ1v) is 20.4. The predicted octanol–water partition coefficient (Wildman–Crippen LogP) is 14.7. The summed E-state index contributed by atoms with van der Waals surface area (Å²) in [6.45, 7) is 4.86. The Hall–Kier alpha value is -4.88. The van der Waals surface area contributed by atoms with Gasteiger partial charge >= 0.3 is 0 Å². The first-order valence-electron chi connectivity index (χ1n) is 20.4. The van der Waals surface area contributed by atoms with E-state index in [0.717, 1.165) is 5.92 Å². The fourth-order valence-corrected chi connectivity index (χ4v) is 11.0. The van der Waals surface area contributed by atoms with E-state index in [1.807, 2.05) is 0 Å². The summed E-state index contributed by atoms with van der Waals surface area (Å²) >= 11 is 0. The molecule has 3 saturated carbocycles. The number of benzene rings is 6. The molecule has 6 aromatic carbocycles. The van der Waals surface area contributed by atoms with Gasteiger partial charge in [-0.2, -0.15) is 0 Å². The summed E-state index contributed by atoms with van der Waals surface area (Å²) in [5, 5.41) is 0. The lowest BCUT2D eigenvalue weighted by molar-refractivity contribution is 0.419. The molecule has 6 aromatic rings. The number of fused-ring (bicyclic) bond motifs is 5. The first-order chi connectivity index (χ1) is 26.0. The molecule has 1 heteroatoms. The number of hydrogen-bond acceptors (Lipinski definition) is 1. The van der Waals surface area contributed by atoms with Gasteiger partial charge in [0.05, 0.1) is 0 Å². The van der Waals surface area contributed by atoms with Gasteiger partial charge in [0.15, 0.2) is 0 Å². The van der Waals surface area contributed by atoms with Crippen molar-refractivity contribution in [1.29, 1.82) is 0 Å². The fourth-order valence-electron chi connectivity index (χ4n) is 11.0. The van der Waals surface area contributed by atoms with Gasteiger partial charge in [-0.05, 0) is 160 Å². The summed E-state index contributed by atoms with van der Waals surface area (Å²) < 4.78 is 0. The van der Waals surface area contributed by atoms with E-state index in [-0.39, 0.29) is 5.41 Å². The molecule has 4 aliphatic rings. The van der Waals surface area contributed by atoms with Crippen LogP contribution in [0.1, 0.15) is 106 Å². The maximum Gasteiger partial charge on any atom is 0.0471 e. The Labute approximate surface area is 316 Å². The van der Waals surface area contributed by atoms with Crippen LogP contribution >= 0.6 is 0 Å². The maximum atomic E-state index is 2.54. The summed E-state index contributed by atoms with van der Waals surface area (Å²) in [6, 6.07) is 53.5. The Morgan fingerprint density at radius 1 is 0.509 bits per heavy atom. The minimum Gasteiger partial charge on any atom is -0.310 e. The van der Waals surface area contributed by atoms with Crippen molar-refractivity contribution in [3.63, 3.8) is 0 Å². The van der Waals surface area contributed by atoms with E-state index in [0.29, 0.717) is 11.3 Å². The van der Waals surface area contributed by atoms with Crippen molar-refractivity contribution >= 4 is 17.1 Å². The SMILES string of the molecule is CC1(C)c2cc(-c3ccccc3)ccc2-c2c(-c3ccccc3)cc(N(c3ccc(C4CCCCC4)cc3)c3ccc(C45CCC(CC4)C5)cc3)cc21. The van der Waals surface area contributed by atoms with Crippen LogP contribution in [0.3, 0.4) is 0 Å². The number of anilines is 3. The highest BCUT2D eigenvalue weighted by Crippen LogP contribution is 2.57. The largest absolute Gasteiger partial charge is 0.310 e. The van der Waals surface area contributed by atoms with Gasteiger partial charge in [-0.25, -0.2) is 0 Å². The van der Waals surface area contributed by atoms with E-state index in [9.17, 15) is 0 Å². The lowest BCUT2D eigenvalue weighted by atomic mass is 9.78. The van der Waals surface area contributed by atoms with E-state index < -0.39 is 0 Å². The summed E-state index contributed by atoms with van der Waals surface area (Å²) in [7, 11) is 0. The molecule has 3 fully saturated rings. The van der Waals surface area contributed by atoms with E-state index in [2.05, 4.69) is 158 Å². The molecule has 0 atom stereocenters. The van der Waals surface area contributed by atoms with E-state index in [1.54, 1.807) is 5.56 Å². The summed E-state index contributed by atoms with van der Waals surface area (Å²) in [4.78, 5) is 2.54. The van der Waals surface area contributed by atoms with Gasteiger partial charge in [0, 0.05) is 22.5 Å². The van der Waals surface area contributed by atoms with Crippen LogP contribution in [0, 0.1) is 5.92 Å². The van der Waals surface area contributed by atoms with Crippen molar-refractivity contribution in [1.82, 2.24) is 0 Å². The van der Waals surface area contributed by atoms with Gasteiger partial charge in [0.2, 0.25) is 0 Å². The molecule has 0 spiro atoms. The zero-order valence-electron chi connectivity index (χ0n) is 31.5. The van der Waals surface area contributed by atoms with Crippen LogP contribution in [0.2, 0.25) is 0 Å². The average molecular weight is 690 g/mol. The molecule has 0 saturated heterocycles. The highest BCUT2D eigenvalue weighted by atomic mass is 15.1. The quantitative estimate of drug-likeness (QED) is 0.161. The van der Waals surface area contributed by atoms with Crippen LogP contribution in [-0.4, -0.2) is 0 Å². The Bertz CT molecular complexity index is 2250. The van der Waals surface area contributed by atoms with E-state index in [4.69, 9.17) is 0 Å². The number of nitrogens with zero attached hydrogens (tertiary/aromatic N) is 1. The topological polar surface area (TPSA) is 3.24 Å². The second kappa shape index (κ2) is 12.9. The normalized spacial score (nSPS) is 21.4. The van der Waals surface area contributed by atoms with Crippen LogP contribution in [0.4, 0.5) is 17.1 Å². The third kappa shape index (κ3) is 5.58. The zero-order chi connectivity index (χ0) is 35.6. The predicted molar refractivity (Wildman–Crippen MR) is 224 cm³/mol. The smallest absolute Gasteiger partial charge is 0.0471 e. The van der Waals surface area contributed by atoms with Crippen LogP contribution in [0.25, 0.3) is 33.4 Å². The molecule has 0 aliphatic heterocycles. The molecule has 10 rings (SSSR count). The van der Waals surface area contributed by atoms with Gasteiger partial charge in [0.25, 0.3) is 0 Å². The monoisotopic (exact) mass is 689 g/mol.